The van der Waals surface area contributed by atoms with Gasteiger partial charge in [-0.1, -0.05) is 29.5 Å². The van der Waals surface area contributed by atoms with Crippen molar-refractivity contribution in [2.45, 2.75) is 16.7 Å². The van der Waals surface area contributed by atoms with Gasteiger partial charge in [0.05, 0.1) is 20.9 Å². The van der Waals surface area contributed by atoms with Crippen molar-refractivity contribution in [1.29, 1.82) is 0 Å². The summed E-state index contributed by atoms with van der Waals surface area (Å²) >= 11 is 1.32. The quantitative estimate of drug-likeness (QED) is 0.546. The maximum atomic E-state index is 12.0. The summed E-state index contributed by atoms with van der Waals surface area (Å²) in [5, 5.41) is 11.4. The van der Waals surface area contributed by atoms with E-state index in [1.54, 1.807) is 20.2 Å². The Morgan fingerprint density at radius 1 is 1.04 bits per heavy atom. The van der Waals surface area contributed by atoms with Crippen molar-refractivity contribution in [1.82, 2.24) is 9.13 Å². The van der Waals surface area contributed by atoms with E-state index in [0.29, 0.717) is 15.9 Å². The standard InChI is InChI=1S/C16H15N3O3S/c1-10-4-6-11(7-5-10)23-15-9-13-12(8-14(15)19(21)22)17(2)16(20)18(13)3/h4-9H,1-3H3. The molecular formula is C16H15N3O3S. The van der Waals surface area contributed by atoms with Gasteiger partial charge in [0.15, 0.2) is 0 Å². The van der Waals surface area contributed by atoms with E-state index in [-0.39, 0.29) is 11.4 Å². The van der Waals surface area contributed by atoms with Crippen LogP contribution in [-0.4, -0.2) is 14.1 Å². The zero-order chi connectivity index (χ0) is 16.7. The van der Waals surface area contributed by atoms with Gasteiger partial charge in [0.1, 0.15) is 0 Å². The largest absolute Gasteiger partial charge is 0.328 e. The fourth-order valence-electron chi connectivity index (χ4n) is 2.47. The minimum Gasteiger partial charge on any atom is -0.295 e. The van der Waals surface area contributed by atoms with Gasteiger partial charge >= 0.3 is 5.69 Å². The number of aromatic nitrogens is 2. The molecule has 0 bridgehead atoms. The summed E-state index contributed by atoms with van der Waals surface area (Å²) in [7, 11) is 3.28. The second-order valence-corrected chi connectivity index (χ2v) is 6.50. The monoisotopic (exact) mass is 329 g/mol. The van der Waals surface area contributed by atoms with Gasteiger partial charge in [0.2, 0.25) is 0 Å². The summed E-state index contributed by atoms with van der Waals surface area (Å²) < 4.78 is 2.92. The smallest absolute Gasteiger partial charge is 0.295 e. The summed E-state index contributed by atoms with van der Waals surface area (Å²) in [4.78, 5) is 24.5. The predicted octanol–water partition coefficient (Wildman–Crippen LogP) is 3.24. The van der Waals surface area contributed by atoms with Crippen molar-refractivity contribution < 1.29 is 4.92 Å². The maximum absolute atomic E-state index is 12.0. The van der Waals surface area contributed by atoms with E-state index in [2.05, 4.69) is 0 Å². The first-order chi connectivity index (χ1) is 10.9. The number of nitrogens with zero attached hydrogens (tertiary/aromatic N) is 3. The predicted molar refractivity (Wildman–Crippen MR) is 90.1 cm³/mol. The van der Waals surface area contributed by atoms with E-state index in [1.165, 1.54) is 27.0 Å². The van der Waals surface area contributed by atoms with Crippen molar-refractivity contribution in [3.8, 4) is 0 Å². The van der Waals surface area contributed by atoms with Crippen LogP contribution in [0.25, 0.3) is 11.0 Å². The van der Waals surface area contributed by atoms with Gasteiger partial charge in [0.25, 0.3) is 5.69 Å². The van der Waals surface area contributed by atoms with Crippen LogP contribution in [0.1, 0.15) is 5.56 Å². The second-order valence-electron chi connectivity index (χ2n) is 5.38. The van der Waals surface area contributed by atoms with Crippen molar-refractivity contribution in [3.05, 3.63) is 62.6 Å². The molecule has 23 heavy (non-hydrogen) atoms. The molecule has 0 aliphatic heterocycles. The third-order valence-electron chi connectivity index (χ3n) is 3.80. The average molecular weight is 329 g/mol. The van der Waals surface area contributed by atoms with Crippen molar-refractivity contribution in [3.63, 3.8) is 0 Å². The lowest BCUT2D eigenvalue weighted by molar-refractivity contribution is -0.387. The Balaban J connectivity index is 2.20. The Hall–Kier alpha value is -2.54. The SMILES string of the molecule is Cc1ccc(Sc2cc3c(cc2[N+](=O)[O-])n(C)c(=O)n3C)cc1. The fourth-order valence-corrected chi connectivity index (χ4v) is 3.41. The minimum atomic E-state index is -0.409. The minimum absolute atomic E-state index is 0.00396. The molecule has 3 aromatic rings. The average Bonchev–Trinajstić information content (AvgIpc) is 2.73. The van der Waals surface area contributed by atoms with E-state index in [0.717, 1.165) is 10.5 Å². The van der Waals surface area contributed by atoms with Crippen LogP contribution >= 0.6 is 11.8 Å². The van der Waals surface area contributed by atoms with Crippen molar-refractivity contribution >= 4 is 28.5 Å². The number of hydrogen-bond donors (Lipinski definition) is 0. The summed E-state index contributed by atoms with van der Waals surface area (Å²) in [6, 6.07) is 11.0. The highest BCUT2D eigenvalue weighted by molar-refractivity contribution is 7.99. The molecule has 6 nitrogen and oxygen atoms in total. The molecule has 0 unspecified atom stereocenters. The summed E-state index contributed by atoms with van der Waals surface area (Å²) in [6.45, 7) is 1.99. The molecule has 0 aliphatic rings. The zero-order valence-electron chi connectivity index (χ0n) is 12.9. The molecule has 0 radical (unpaired) electrons. The van der Waals surface area contributed by atoms with Crippen LogP contribution in [0.4, 0.5) is 5.69 Å². The molecule has 1 heterocycles. The van der Waals surface area contributed by atoms with Gasteiger partial charge in [-0.25, -0.2) is 4.79 Å². The second kappa shape index (κ2) is 5.58. The number of nitro benzene ring substituents is 1. The van der Waals surface area contributed by atoms with Gasteiger partial charge < -0.3 is 0 Å². The van der Waals surface area contributed by atoms with Crippen LogP contribution < -0.4 is 5.69 Å². The summed E-state index contributed by atoms with van der Waals surface area (Å²) in [5.41, 5.74) is 2.16. The summed E-state index contributed by atoms with van der Waals surface area (Å²) in [5.74, 6) is 0. The zero-order valence-corrected chi connectivity index (χ0v) is 13.8. The third kappa shape index (κ3) is 2.63. The van der Waals surface area contributed by atoms with Crippen LogP contribution in [0, 0.1) is 17.0 Å². The molecular weight excluding hydrogens is 314 g/mol. The van der Waals surface area contributed by atoms with Gasteiger partial charge in [-0.05, 0) is 25.1 Å². The Kier molecular flexibility index (Phi) is 3.73. The maximum Gasteiger partial charge on any atom is 0.328 e. The van der Waals surface area contributed by atoms with E-state index in [9.17, 15) is 14.9 Å². The van der Waals surface area contributed by atoms with Crippen LogP contribution in [0.15, 0.2) is 51.0 Å². The highest BCUT2D eigenvalue weighted by atomic mass is 32.2. The third-order valence-corrected chi connectivity index (χ3v) is 4.85. The number of aryl methyl sites for hydroxylation is 3. The lowest BCUT2D eigenvalue weighted by atomic mass is 10.2. The molecule has 0 spiro atoms. The molecule has 3 rings (SSSR count). The molecule has 0 N–H and O–H groups in total. The van der Waals surface area contributed by atoms with Gasteiger partial charge in [-0.2, -0.15) is 0 Å². The fraction of sp³-hybridized carbons (Fsp3) is 0.188. The molecule has 7 heteroatoms. The van der Waals surface area contributed by atoms with Crippen LogP contribution in [0.5, 0.6) is 0 Å². The van der Waals surface area contributed by atoms with Crippen LogP contribution in [-0.2, 0) is 14.1 Å². The molecule has 2 aromatic carbocycles. The van der Waals surface area contributed by atoms with Crippen LogP contribution in [0.3, 0.4) is 0 Å². The Morgan fingerprint density at radius 2 is 1.61 bits per heavy atom. The van der Waals surface area contributed by atoms with E-state index >= 15 is 0 Å². The normalized spacial score (nSPS) is 11.1. The molecule has 118 valence electrons. The molecule has 0 aliphatic carbocycles. The molecule has 0 saturated heterocycles. The van der Waals surface area contributed by atoms with Gasteiger partial charge in [-0.15, -0.1) is 0 Å². The van der Waals surface area contributed by atoms with E-state index in [1.807, 2.05) is 31.2 Å². The number of rotatable bonds is 3. The molecule has 0 fully saturated rings. The number of imidazole rings is 1. The first-order valence-electron chi connectivity index (χ1n) is 6.97. The molecule has 1 aromatic heterocycles. The van der Waals surface area contributed by atoms with E-state index < -0.39 is 4.92 Å². The lowest BCUT2D eigenvalue weighted by Crippen LogP contribution is -2.19. The van der Waals surface area contributed by atoms with E-state index in [4.69, 9.17) is 0 Å². The first kappa shape index (κ1) is 15.4. The highest BCUT2D eigenvalue weighted by Gasteiger charge is 2.20. The molecule has 0 saturated carbocycles. The van der Waals surface area contributed by atoms with Crippen molar-refractivity contribution in [2.24, 2.45) is 14.1 Å². The Morgan fingerprint density at radius 3 is 2.17 bits per heavy atom. The number of benzene rings is 2. The van der Waals surface area contributed by atoms with Crippen molar-refractivity contribution in [2.75, 3.05) is 0 Å². The number of fused-ring (bicyclic) bond motifs is 1. The molecule has 0 atom stereocenters. The highest BCUT2D eigenvalue weighted by Crippen LogP contribution is 2.37. The first-order valence-corrected chi connectivity index (χ1v) is 7.78. The number of hydrogen-bond acceptors (Lipinski definition) is 4. The summed E-state index contributed by atoms with van der Waals surface area (Å²) in [6.07, 6.45) is 0. The molecule has 0 amide bonds. The lowest BCUT2D eigenvalue weighted by Gasteiger charge is -2.05. The Bertz CT molecular complexity index is 971. The van der Waals surface area contributed by atoms with Gasteiger partial charge in [-0.3, -0.25) is 19.2 Å². The Labute approximate surface area is 136 Å². The topological polar surface area (TPSA) is 70.1 Å². The van der Waals surface area contributed by atoms with Gasteiger partial charge in [0, 0.05) is 25.1 Å². The van der Waals surface area contributed by atoms with Crippen LogP contribution in [0.2, 0.25) is 0 Å². The number of nitro groups is 1.